The van der Waals surface area contributed by atoms with E-state index in [4.69, 9.17) is 5.73 Å². The van der Waals surface area contributed by atoms with Gasteiger partial charge in [0.2, 0.25) is 0 Å². The first-order valence-electron chi connectivity index (χ1n) is 6.14. The summed E-state index contributed by atoms with van der Waals surface area (Å²) in [6, 6.07) is 15.4. The second-order valence-electron chi connectivity index (χ2n) is 4.66. The van der Waals surface area contributed by atoms with Gasteiger partial charge in [-0.3, -0.25) is 4.79 Å². The summed E-state index contributed by atoms with van der Waals surface area (Å²) < 4.78 is 0. The van der Waals surface area contributed by atoms with Crippen LogP contribution in [0, 0.1) is 6.92 Å². The number of nitrogens with one attached hydrogen (secondary N) is 1. The molecule has 2 aromatic carbocycles. The molecule has 1 heterocycles. The number of hydrogen-bond donors (Lipinski definition) is 2. The van der Waals surface area contributed by atoms with Crippen LogP contribution in [0.2, 0.25) is 0 Å². The highest BCUT2D eigenvalue weighted by molar-refractivity contribution is 5.98. The molecule has 0 bridgehead atoms. The first-order chi connectivity index (χ1) is 9.16. The van der Waals surface area contributed by atoms with E-state index in [1.807, 2.05) is 55.5 Å². The fourth-order valence-corrected chi connectivity index (χ4v) is 2.30. The number of benzene rings is 2. The number of rotatable bonds is 1. The summed E-state index contributed by atoms with van der Waals surface area (Å²) in [6.07, 6.45) is 0. The second kappa shape index (κ2) is 4.28. The lowest BCUT2D eigenvalue weighted by atomic mass is 10.0. The Bertz CT molecular complexity index is 804. The number of hydrogen-bond acceptors (Lipinski definition) is 2. The number of anilines is 1. The van der Waals surface area contributed by atoms with Gasteiger partial charge in [-0.25, -0.2) is 0 Å². The molecule has 0 spiro atoms. The molecule has 0 saturated carbocycles. The summed E-state index contributed by atoms with van der Waals surface area (Å²) in [5.74, 6) is 0. The van der Waals surface area contributed by atoms with E-state index in [2.05, 4.69) is 4.98 Å². The highest BCUT2D eigenvalue weighted by Crippen LogP contribution is 2.28. The van der Waals surface area contributed by atoms with Crippen molar-refractivity contribution < 1.29 is 0 Å². The van der Waals surface area contributed by atoms with Gasteiger partial charge in [0.15, 0.2) is 0 Å². The zero-order valence-electron chi connectivity index (χ0n) is 10.6. The molecule has 0 saturated heterocycles. The number of aromatic amines is 1. The van der Waals surface area contributed by atoms with Crippen molar-refractivity contribution in [2.45, 2.75) is 6.92 Å². The minimum absolute atomic E-state index is 0.105. The lowest BCUT2D eigenvalue weighted by Gasteiger charge is -2.09. The lowest BCUT2D eigenvalue weighted by molar-refractivity contribution is 1.28. The number of fused-ring (bicyclic) bond motifs is 1. The number of nitrogens with two attached hydrogens (primary N) is 1. The minimum Gasteiger partial charge on any atom is -0.397 e. The van der Waals surface area contributed by atoms with Crippen molar-refractivity contribution in [2.24, 2.45) is 0 Å². The summed E-state index contributed by atoms with van der Waals surface area (Å²) in [5.41, 5.74) is 9.35. The molecule has 3 heteroatoms. The van der Waals surface area contributed by atoms with Gasteiger partial charge in [-0.1, -0.05) is 48.0 Å². The smallest absolute Gasteiger partial charge is 0.256 e. The van der Waals surface area contributed by atoms with Gasteiger partial charge in [-0.15, -0.1) is 0 Å². The molecule has 94 valence electrons. The van der Waals surface area contributed by atoms with Crippen LogP contribution in [0.15, 0.2) is 53.3 Å². The lowest BCUT2D eigenvalue weighted by Crippen LogP contribution is -2.10. The highest BCUT2D eigenvalue weighted by Gasteiger charge is 2.10. The third-order valence-corrected chi connectivity index (χ3v) is 3.28. The van der Waals surface area contributed by atoms with Crippen molar-refractivity contribution in [3.8, 4) is 11.3 Å². The predicted octanol–water partition coefficient (Wildman–Crippen LogP) is 3.09. The van der Waals surface area contributed by atoms with Crippen molar-refractivity contribution in [1.29, 1.82) is 0 Å². The van der Waals surface area contributed by atoms with Crippen LogP contribution in [-0.2, 0) is 0 Å². The summed E-state index contributed by atoms with van der Waals surface area (Å²) in [4.78, 5) is 15.0. The van der Waals surface area contributed by atoms with Gasteiger partial charge < -0.3 is 10.7 Å². The van der Waals surface area contributed by atoms with Crippen molar-refractivity contribution >= 4 is 16.5 Å². The third kappa shape index (κ3) is 1.89. The Kier molecular flexibility index (Phi) is 2.60. The van der Waals surface area contributed by atoms with Crippen LogP contribution in [0.4, 0.5) is 5.69 Å². The molecule has 3 rings (SSSR count). The Hall–Kier alpha value is -2.55. The van der Waals surface area contributed by atoms with Crippen LogP contribution in [0.25, 0.3) is 22.0 Å². The summed E-state index contributed by atoms with van der Waals surface area (Å²) in [6.45, 7) is 1.96. The van der Waals surface area contributed by atoms with E-state index in [-0.39, 0.29) is 5.56 Å². The standard InChI is InChI=1S/C16H14N2O/c1-10-7-8-12-13(9-10)16(19)18-15(14(12)17)11-5-3-2-4-6-11/h2-9H,17H2,1H3,(H,18,19). The van der Waals surface area contributed by atoms with E-state index in [0.29, 0.717) is 16.8 Å². The Labute approximate surface area is 110 Å². The molecule has 0 unspecified atom stereocenters. The second-order valence-corrected chi connectivity index (χ2v) is 4.66. The minimum atomic E-state index is -0.105. The number of H-pyrrole nitrogens is 1. The molecule has 19 heavy (non-hydrogen) atoms. The van der Waals surface area contributed by atoms with E-state index >= 15 is 0 Å². The van der Waals surface area contributed by atoms with Crippen molar-refractivity contribution in [1.82, 2.24) is 4.98 Å². The van der Waals surface area contributed by atoms with Gasteiger partial charge in [0.05, 0.1) is 11.4 Å². The fourth-order valence-electron chi connectivity index (χ4n) is 2.30. The Morgan fingerprint density at radius 1 is 1.00 bits per heavy atom. The quantitative estimate of drug-likeness (QED) is 0.697. The van der Waals surface area contributed by atoms with Crippen LogP contribution in [0.3, 0.4) is 0 Å². The van der Waals surface area contributed by atoms with E-state index in [9.17, 15) is 4.79 Å². The molecule has 0 aliphatic carbocycles. The van der Waals surface area contributed by atoms with Crippen molar-refractivity contribution in [3.63, 3.8) is 0 Å². The van der Waals surface area contributed by atoms with E-state index in [1.54, 1.807) is 0 Å². The highest BCUT2D eigenvalue weighted by atomic mass is 16.1. The topological polar surface area (TPSA) is 58.9 Å². The normalized spacial score (nSPS) is 10.8. The first kappa shape index (κ1) is 11.5. The molecule has 0 atom stereocenters. The van der Waals surface area contributed by atoms with Crippen LogP contribution in [0.1, 0.15) is 5.56 Å². The molecule has 0 aliphatic rings. The molecule has 0 amide bonds. The van der Waals surface area contributed by atoms with Crippen molar-refractivity contribution in [3.05, 3.63) is 64.4 Å². The van der Waals surface area contributed by atoms with Crippen LogP contribution in [-0.4, -0.2) is 4.98 Å². The third-order valence-electron chi connectivity index (χ3n) is 3.28. The molecule has 0 radical (unpaired) electrons. The maximum atomic E-state index is 12.2. The maximum absolute atomic E-state index is 12.2. The monoisotopic (exact) mass is 250 g/mol. The summed E-state index contributed by atoms with van der Waals surface area (Å²) in [5, 5.41) is 1.44. The molecular formula is C16H14N2O. The number of pyridine rings is 1. The van der Waals surface area contributed by atoms with Gasteiger partial charge in [-0.05, 0) is 13.0 Å². The number of nitrogen functional groups attached to an aromatic ring is 1. The van der Waals surface area contributed by atoms with Gasteiger partial charge in [0.25, 0.3) is 5.56 Å². The van der Waals surface area contributed by atoms with E-state index in [1.165, 1.54) is 0 Å². The number of aryl methyl sites for hydroxylation is 1. The maximum Gasteiger partial charge on any atom is 0.256 e. The molecule has 3 nitrogen and oxygen atoms in total. The average Bonchev–Trinajstić information content (AvgIpc) is 2.43. The molecule has 1 aromatic heterocycles. The van der Waals surface area contributed by atoms with Crippen LogP contribution >= 0.6 is 0 Å². The largest absolute Gasteiger partial charge is 0.397 e. The van der Waals surface area contributed by atoms with Crippen LogP contribution in [0.5, 0.6) is 0 Å². The first-order valence-corrected chi connectivity index (χ1v) is 6.14. The fraction of sp³-hybridized carbons (Fsp3) is 0.0625. The van der Waals surface area contributed by atoms with E-state index in [0.717, 1.165) is 16.5 Å². The predicted molar refractivity (Wildman–Crippen MR) is 79.2 cm³/mol. The number of aromatic nitrogens is 1. The zero-order valence-corrected chi connectivity index (χ0v) is 10.6. The molecular weight excluding hydrogens is 236 g/mol. The molecule has 0 aliphatic heterocycles. The Morgan fingerprint density at radius 3 is 2.47 bits per heavy atom. The Balaban J connectivity index is 2.38. The van der Waals surface area contributed by atoms with Crippen LogP contribution < -0.4 is 11.3 Å². The van der Waals surface area contributed by atoms with Gasteiger partial charge in [0, 0.05) is 16.3 Å². The molecule has 3 aromatic rings. The average molecular weight is 250 g/mol. The summed E-state index contributed by atoms with van der Waals surface area (Å²) >= 11 is 0. The van der Waals surface area contributed by atoms with Gasteiger partial charge in [0.1, 0.15) is 0 Å². The SMILES string of the molecule is Cc1ccc2c(N)c(-c3ccccc3)[nH]c(=O)c2c1. The molecule has 3 N–H and O–H groups in total. The zero-order chi connectivity index (χ0) is 13.4. The van der Waals surface area contributed by atoms with E-state index < -0.39 is 0 Å². The molecule has 0 fully saturated rings. The van der Waals surface area contributed by atoms with Gasteiger partial charge >= 0.3 is 0 Å². The Morgan fingerprint density at radius 2 is 1.74 bits per heavy atom. The summed E-state index contributed by atoms with van der Waals surface area (Å²) in [7, 11) is 0. The van der Waals surface area contributed by atoms with Crippen molar-refractivity contribution in [2.75, 3.05) is 5.73 Å². The van der Waals surface area contributed by atoms with Gasteiger partial charge in [-0.2, -0.15) is 0 Å².